The molecule has 0 atom stereocenters. The lowest BCUT2D eigenvalue weighted by Crippen LogP contribution is -2.40. The third kappa shape index (κ3) is 2.00. The Bertz CT molecular complexity index is 724. The average molecular weight is 260 g/mol. The second-order valence-corrected chi connectivity index (χ2v) is 4.95. The zero-order chi connectivity index (χ0) is 13.4. The lowest BCUT2D eigenvalue weighted by Gasteiger charge is -2.23. The summed E-state index contributed by atoms with van der Waals surface area (Å²) in [5.41, 5.74) is 1.03. The number of benzene rings is 1. The summed E-state index contributed by atoms with van der Waals surface area (Å²) in [4.78, 5) is 27.5. The van der Waals surface area contributed by atoms with E-state index in [0.29, 0.717) is 37.0 Å². The van der Waals surface area contributed by atoms with E-state index in [-0.39, 0.29) is 17.3 Å². The van der Waals surface area contributed by atoms with Crippen molar-refractivity contribution < 1.29 is 4.74 Å². The largest absolute Gasteiger partial charge is 0.381 e. The molecule has 1 fully saturated rings. The Morgan fingerprint density at radius 1 is 1.26 bits per heavy atom. The molecule has 2 heterocycles. The van der Waals surface area contributed by atoms with E-state index in [0.717, 1.165) is 5.56 Å². The number of aromatic nitrogens is 2. The zero-order valence-corrected chi connectivity index (χ0v) is 10.8. The van der Waals surface area contributed by atoms with Gasteiger partial charge in [-0.05, 0) is 31.4 Å². The first-order valence-corrected chi connectivity index (χ1v) is 6.50. The minimum Gasteiger partial charge on any atom is -0.381 e. The number of fused-ring (bicyclic) bond motifs is 1. The number of nitrogens with one attached hydrogen (secondary N) is 1. The summed E-state index contributed by atoms with van der Waals surface area (Å²) in [6.07, 6.45) is 1.42. The van der Waals surface area contributed by atoms with Gasteiger partial charge in [0, 0.05) is 19.3 Å². The van der Waals surface area contributed by atoms with Crippen molar-refractivity contribution in [3.8, 4) is 0 Å². The fourth-order valence-corrected chi connectivity index (χ4v) is 2.68. The third-order valence-electron chi connectivity index (χ3n) is 3.73. The van der Waals surface area contributed by atoms with E-state index in [1.54, 1.807) is 6.07 Å². The number of rotatable bonds is 1. The normalized spacial score (nSPS) is 16.9. The van der Waals surface area contributed by atoms with E-state index in [9.17, 15) is 9.59 Å². The molecule has 19 heavy (non-hydrogen) atoms. The standard InChI is InChI=1S/C14H16N2O3/c1-9-3-2-4-11-12(9)15-14(18)16(13(11)17)10-5-7-19-8-6-10/h2-4,10H,5-8H2,1H3,(H,15,18). The van der Waals surface area contributed by atoms with Gasteiger partial charge in [0.1, 0.15) is 0 Å². The molecule has 2 aromatic rings. The highest BCUT2D eigenvalue weighted by Gasteiger charge is 2.20. The monoisotopic (exact) mass is 260 g/mol. The molecule has 1 saturated heterocycles. The molecule has 5 heteroatoms. The molecule has 100 valence electrons. The Balaban J connectivity index is 2.26. The van der Waals surface area contributed by atoms with Crippen LogP contribution in [0, 0.1) is 6.92 Å². The molecule has 0 radical (unpaired) electrons. The van der Waals surface area contributed by atoms with Gasteiger partial charge >= 0.3 is 5.69 Å². The Morgan fingerprint density at radius 2 is 2.00 bits per heavy atom. The van der Waals surface area contributed by atoms with Crippen molar-refractivity contribution in [1.29, 1.82) is 0 Å². The zero-order valence-electron chi connectivity index (χ0n) is 10.8. The first-order valence-electron chi connectivity index (χ1n) is 6.50. The van der Waals surface area contributed by atoms with Crippen molar-refractivity contribution >= 4 is 10.9 Å². The molecule has 3 rings (SSSR count). The highest BCUT2D eigenvalue weighted by atomic mass is 16.5. The third-order valence-corrected chi connectivity index (χ3v) is 3.73. The maximum Gasteiger partial charge on any atom is 0.329 e. The van der Waals surface area contributed by atoms with Gasteiger partial charge in [0.15, 0.2) is 0 Å². The number of aromatic amines is 1. The van der Waals surface area contributed by atoms with Crippen LogP contribution in [0.5, 0.6) is 0 Å². The summed E-state index contributed by atoms with van der Waals surface area (Å²) in [5, 5.41) is 0.575. The fraction of sp³-hybridized carbons (Fsp3) is 0.429. The molecule has 0 spiro atoms. The van der Waals surface area contributed by atoms with Gasteiger partial charge < -0.3 is 9.72 Å². The quantitative estimate of drug-likeness (QED) is 0.841. The summed E-state index contributed by atoms with van der Waals surface area (Å²) in [5.74, 6) is 0. The number of ether oxygens (including phenoxy) is 1. The van der Waals surface area contributed by atoms with Crippen molar-refractivity contribution in [2.24, 2.45) is 0 Å². The van der Waals surface area contributed by atoms with Crippen LogP contribution in [0.1, 0.15) is 24.4 Å². The van der Waals surface area contributed by atoms with Gasteiger partial charge in [0.05, 0.1) is 10.9 Å². The minimum absolute atomic E-state index is 0.0603. The topological polar surface area (TPSA) is 64.1 Å². The smallest absolute Gasteiger partial charge is 0.329 e. The fourth-order valence-electron chi connectivity index (χ4n) is 2.68. The van der Waals surface area contributed by atoms with Crippen molar-refractivity contribution in [2.75, 3.05) is 13.2 Å². The molecule has 1 aliphatic heterocycles. The van der Waals surface area contributed by atoms with E-state index in [2.05, 4.69) is 4.98 Å². The number of para-hydroxylation sites is 1. The molecule has 1 aromatic heterocycles. The van der Waals surface area contributed by atoms with Crippen molar-refractivity contribution in [2.45, 2.75) is 25.8 Å². The maximum atomic E-state index is 12.5. The Labute approximate surface area is 109 Å². The van der Waals surface area contributed by atoms with Crippen molar-refractivity contribution in [3.05, 3.63) is 44.6 Å². The summed E-state index contributed by atoms with van der Waals surface area (Å²) >= 11 is 0. The van der Waals surface area contributed by atoms with Gasteiger partial charge in [-0.15, -0.1) is 0 Å². The molecule has 0 aliphatic carbocycles. The SMILES string of the molecule is Cc1cccc2c(=O)n(C3CCOCC3)c(=O)[nH]c12. The lowest BCUT2D eigenvalue weighted by atomic mass is 10.1. The molecular weight excluding hydrogens is 244 g/mol. The Hall–Kier alpha value is -1.88. The van der Waals surface area contributed by atoms with Crippen LogP contribution in [0.25, 0.3) is 10.9 Å². The molecule has 0 amide bonds. The van der Waals surface area contributed by atoms with Gasteiger partial charge in [-0.2, -0.15) is 0 Å². The molecule has 0 saturated carbocycles. The Morgan fingerprint density at radius 3 is 2.74 bits per heavy atom. The molecular formula is C14H16N2O3. The highest BCUT2D eigenvalue weighted by Crippen LogP contribution is 2.18. The van der Waals surface area contributed by atoms with Gasteiger partial charge in [-0.3, -0.25) is 9.36 Å². The van der Waals surface area contributed by atoms with E-state index in [4.69, 9.17) is 4.74 Å². The minimum atomic E-state index is -0.321. The lowest BCUT2D eigenvalue weighted by molar-refractivity contribution is 0.0676. The summed E-state index contributed by atoms with van der Waals surface area (Å²) in [7, 11) is 0. The summed E-state index contributed by atoms with van der Waals surface area (Å²) < 4.78 is 6.63. The Kier molecular flexibility index (Phi) is 2.98. The molecule has 0 bridgehead atoms. The number of H-pyrrole nitrogens is 1. The van der Waals surface area contributed by atoms with Crippen LogP contribution in [-0.2, 0) is 4.74 Å². The summed E-state index contributed by atoms with van der Waals surface area (Å²) in [6, 6.07) is 5.42. The number of hydrogen-bond donors (Lipinski definition) is 1. The van der Waals surface area contributed by atoms with Gasteiger partial charge in [0.2, 0.25) is 0 Å². The number of hydrogen-bond acceptors (Lipinski definition) is 3. The van der Waals surface area contributed by atoms with Gasteiger partial charge in [-0.25, -0.2) is 4.79 Å². The molecule has 5 nitrogen and oxygen atoms in total. The van der Waals surface area contributed by atoms with Crippen LogP contribution in [-0.4, -0.2) is 22.8 Å². The second kappa shape index (κ2) is 4.66. The van der Waals surface area contributed by atoms with Crippen LogP contribution in [0.15, 0.2) is 27.8 Å². The van der Waals surface area contributed by atoms with E-state index in [1.807, 2.05) is 19.1 Å². The molecule has 0 unspecified atom stereocenters. The van der Waals surface area contributed by atoms with Gasteiger partial charge in [-0.1, -0.05) is 12.1 Å². The molecule has 1 N–H and O–H groups in total. The predicted octanol–water partition coefficient (Wildman–Crippen LogP) is 1.35. The highest BCUT2D eigenvalue weighted by molar-refractivity contribution is 5.80. The van der Waals surface area contributed by atoms with Crippen LogP contribution in [0.3, 0.4) is 0 Å². The van der Waals surface area contributed by atoms with Crippen molar-refractivity contribution in [3.63, 3.8) is 0 Å². The van der Waals surface area contributed by atoms with Crippen LogP contribution in [0.2, 0.25) is 0 Å². The molecule has 1 aromatic carbocycles. The first kappa shape index (κ1) is 12.2. The number of aryl methyl sites for hydroxylation is 1. The predicted molar refractivity (Wildman–Crippen MR) is 72.7 cm³/mol. The van der Waals surface area contributed by atoms with E-state index < -0.39 is 0 Å². The molecule has 1 aliphatic rings. The average Bonchev–Trinajstić information content (AvgIpc) is 2.41. The van der Waals surface area contributed by atoms with Crippen LogP contribution < -0.4 is 11.2 Å². The van der Waals surface area contributed by atoms with Crippen LogP contribution in [0.4, 0.5) is 0 Å². The van der Waals surface area contributed by atoms with E-state index >= 15 is 0 Å². The maximum absolute atomic E-state index is 12.5. The second-order valence-electron chi connectivity index (χ2n) is 4.95. The number of nitrogens with zero attached hydrogens (tertiary/aromatic N) is 1. The van der Waals surface area contributed by atoms with Gasteiger partial charge in [0.25, 0.3) is 5.56 Å². The summed E-state index contributed by atoms with van der Waals surface area (Å²) in [6.45, 7) is 3.08. The van der Waals surface area contributed by atoms with Crippen LogP contribution >= 0.6 is 0 Å². The van der Waals surface area contributed by atoms with E-state index in [1.165, 1.54) is 4.57 Å². The van der Waals surface area contributed by atoms with Crippen molar-refractivity contribution in [1.82, 2.24) is 9.55 Å². The first-order chi connectivity index (χ1) is 9.18.